The van der Waals surface area contributed by atoms with E-state index < -0.39 is 10.0 Å². The van der Waals surface area contributed by atoms with Crippen LogP contribution in [0.1, 0.15) is 26.2 Å². The minimum Gasteiger partial charge on any atom is -0.355 e. The van der Waals surface area contributed by atoms with Crippen molar-refractivity contribution in [3.05, 3.63) is 29.3 Å². The largest absolute Gasteiger partial charge is 0.355 e. The quantitative estimate of drug-likeness (QED) is 0.719. The van der Waals surface area contributed by atoms with Gasteiger partial charge in [0.25, 0.3) is 0 Å². The number of halogens is 1. The van der Waals surface area contributed by atoms with E-state index in [-0.39, 0.29) is 23.9 Å². The van der Waals surface area contributed by atoms with Crippen LogP contribution in [-0.2, 0) is 14.8 Å². The summed E-state index contributed by atoms with van der Waals surface area (Å²) in [6.45, 7) is 2.42. The van der Waals surface area contributed by atoms with Crippen LogP contribution in [0.5, 0.6) is 0 Å². The molecule has 2 N–H and O–H groups in total. The highest BCUT2D eigenvalue weighted by Crippen LogP contribution is 2.14. The molecule has 0 aliphatic rings. The zero-order valence-electron chi connectivity index (χ0n) is 11.4. The van der Waals surface area contributed by atoms with Gasteiger partial charge in [0.15, 0.2) is 0 Å². The average Bonchev–Trinajstić information content (AvgIpc) is 2.41. The second-order valence-corrected chi connectivity index (χ2v) is 6.51. The third-order valence-corrected chi connectivity index (χ3v) is 4.30. The molecule has 0 saturated carbocycles. The molecule has 0 aliphatic carbocycles. The van der Waals surface area contributed by atoms with E-state index in [9.17, 15) is 13.2 Å². The minimum absolute atomic E-state index is 0.0613. The number of amides is 1. The number of carbonyl (C=O) groups is 1. The highest BCUT2D eigenvalue weighted by atomic mass is 35.5. The summed E-state index contributed by atoms with van der Waals surface area (Å²) in [4.78, 5) is 11.4. The van der Waals surface area contributed by atoms with E-state index in [1.165, 1.54) is 12.1 Å². The molecule has 0 bridgehead atoms. The third kappa shape index (κ3) is 5.90. The van der Waals surface area contributed by atoms with Crippen molar-refractivity contribution < 1.29 is 13.2 Å². The van der Waals surface area contributed by atoms with Crippen molar-refractivity contribution in [3.8, 4) is 0 Å². The summed E-state index contributed by atoms with van der Waals surface area (Å²) < 4.78 is 26.3. The lowest BCUT2D eigenvalue weighted by Gasteiger charge is -2.08. The van der Waals surface area contributed by atoms with Crippen LogP contribution in [0.4, 0.5) is 0 Å². The molecule has 20 heavy (non-hydrogen) atoms. The summed E-state index contributed by atoms with van der Waals surface area (Å²) in [7, 11) is -3.58. The molecule has 1 aromatic rings. The Morgan fingerprint density at radius 1 is 1.30 bits per heavy atom. The molecule has 0 unspecified atom stereocenters. The number of sulfonamides is 1. The van der Waals surface area contributed by atoms with Gasteiger partial charge in [-0.3, -0.25) is 4.79 Å². The monoisotopic (exact) mass is 318 g/mol. The first-order valence-electron chi connectivity index (χ1n) is 6.47. The van der Waals surface area contributed by atoms with Gasteiger partial charge in [-0.05, 0) is 24.6 Å². The van der Waals surface area contributed by atoms with Crippen molar-refractivity contribution in [1.29, 1.82) is 0 Å². The summed E-state index contributed by atoms with van der Waals surface area (Å²) in [5.41, 5.74) is 0. The number of nitrogens with one attached hydrogen (secondary N) is 2. The molecule has 0 saturated heterocycles. The van der Waals surface area contributed by atoms with E-state index in [2.05, 4.69) is 10.0 Å². The molecule has 0 radical (unpaired) electrons. The number of hydrogen-bond donors (Lipinski definition) is 2. The van der Waals surface area contributed by atoms with Crippen LogP contribution in [0.3, 0.4) is 0 Å². The average molecular weight is 319 g/mol. The second-order valence-electron chi connectivity index (χ2n) is 4.31. The standard InChI is InChI=1S/C13H19ClN2O3S/c1-2-3-7-13(17)15-8-9-16-20(18,19)12-6-4-5-11(14)10-12/h4-6,10,16H,2-3,7-9H2,1H3,(H,15,17). The van der Waals surface area contributed by atoms with Crippen molar-refractivity contribution in [2.45, 2.75) is 31.1 Å². The van der Waals surface area contributed by atoms with Crippen LogP contribution in [0, 0.1) is 0 Å². The number of unbranched alkanes of at least 4 members (excludes halogenated alkanes) is 1. The molecule has 7 heteroatoms. The third-order valence-electron chi connectivity index (χ3n) is 2.60. The van der Waals surface area contributed by atoms with E-state index in [0.29, 0.717) is 11.4 Å². The van der Waals surface area contributed by atoms with E-state index in [0.717, 1.165) is 12.8 Å². The minimum atomic E-state index is -3.58. The second kappa shape index (κ2) is 8.24. The predicted octanol–water partition coefficient (Wildman–Crippen LogP) is 1.92. The maximum atomic E-state index is 11.9. The predicted molar refractivity (Wildman–Crippen MR) is 79.2 cm³/mol. The topological polar surface area (TPSA) is 75.3 Å². The van der Waals surface area contributed by atoms with Crippen molar-refractivity contribution in [2.75, 3.05) is 13.1 Å². The Morgan fingerprint density at radius 3 is 2.70 bits per heavy atom. The Balaban J connectivity index is 2.39. The smallest absolute Gasteiger partial charge is 0.240 e. The summed E-state index contributed by atoms with van der Waals surface area (Å²) in [6, 6.07) is 6.02. The Labute approximate surface area is 124 Å². The van der Waals surface area contributed by atoms with Crippen LogP contribution in [0.15, 0.2) is 29.2 Å². The van der Waals surface area contributed by atoms with Gasteiger partial charge in [0, 0.05) is 24.5 Å². The van der Waals surface area contributed by atoms with E-state index >= 15 is 0 Å². The molecule has 112 valence electrons. The molecule has 1 amide bonds. The van der Waals surface area contributed by atoms with Gasteiger partial charge in [-0.1, -0.05) is 31.0 Å². The summed E-state index contributed by atoms with van der Waals surface area (Å²) in [5.74, 6) is -0.0613. The van der Waals surface area contributed by atoms with E-state index in [4.69, 9.17) is 11.6 Å². The summed E-state index contributed by atoms with van der Waals surface area (Å²) in [6.07, 6.45) is 2.26. The van der Waals surface area contributed by atoms with Crippen molar-refractivity contribution in [3.63, 3.8) is 0 Å². The lowest BCUT2D eigenvalue weighted by Crippen LogP contribution is -2.34. The molecule has 0 aromatic heterocycles. The Kier molecular flexibility index (Phi) is 6.98. The highest BCUT2D eigenvalue weighted by molar-refractivity contribution is 7.89. The molecule has 0 heterocycles. The Bertz CT molecular complexity index is 546. The van der Waals surface area contributed by atoms with Gasteiger partial charge >= 0.3 is 0 Å². The first kappa shape index (κ1) is 16.9. The first-order chi connectivity index (χ1) is 9.45. The van der Waals surface area contributed by atoms with E-state index in [1.807, 2.05) is 6.92 Å². The molecular weight excluding hydrogens is 300 g/mol. The number of hydrogen-bond acceptors (Lipinski definition) is 3. The van der Waals surface area contributed by atoms with Gasteiger partial charge < -0.3 is 5.32 Å². The summed E-state index contributed by atoms with van der Waals surface area (Å²) >= 11 is 5.75. The van der Waals surface area contributed by atoms with Gasteiger partial charge in [-0.15, -0.1) is 0 Å². The SMILES string of the molecule is CCCCC(=O)NCCNS(=O)(=O)c1cccc(Cl)c1. The molecule has 1 rings (SSSR count). The zero-order chi connectivity index (χ0) is 15.0. The molecule has 5 nitrogen and oxygen atoms in total. The lowest BCUT2D eigenvalue weighted by atomic mass is 10.2. The van der Waals surface area contributed by atoms with Gasteiger partial charge in [-0.2, -0.15) is 0 Å². The number of rotatable bonds is 8. The fraction of sp³-hybridized carbons (Fsp3) is 0.462. The molecule has 0 spiro atoms. The van der Waals surface area contributed by atoms with Crippen LogP contribution in [0.25, 0.3) is 0 Å². The van der Waals surface area contributed by atoms with Crippen LogP contribution >= 0.6 is 11.6 Å². The molecular formula is C13H19ClN2O3S. The van der Waals surface area contributed by atoms with Crippen LogP contribution < -0.4 is 10.0 Å². The zero-order valence-corrected chi connectivity index (χ0v) is 12.9. The maximum Gasteiger partial charge on any atom is 0.240 e. The number of benzene rings is 1. The van der Waals surface area contributed by atoms with Gasteiger partial charge in [0.05, 0.1) is 4.90 Å². The van der Waals surface area contributed by atoms with Gasteiger partial charge in [0.1, 0.15) is 0 Å². The fourth-order valence-corrected chi connectivity index (χ4v) is 2.86. The molecule has 0 aliphatic heterocycles. The Morgan fingerprint density at radius 2 is 2.05 bits per heavy atom. The lowest BCUT2D eigenvalue weighted by molar-refractivity contribution is -0.121. The van der Waals surface area contributed by atoms with Crippen molar-refractivity contribution in [1.82, 2.24) is 10.0 Å². The van der Waals surface area contributed by atoms with Crippen molar-refractivity contribution >= 4 is 27.5 Å². The van der Waals surface area contributed by atoms with E-state index in [1.54, 1.807) is 12.1 Å². The molecule has 0 fully saturated rings. The summed E-state index contributed by atoms with van der Waals surface area (Å²) in [5, 5.41) is 3.02. The molecule has 0 atom stereocenters. The normalized spacial score (nSPS) is 11.3. The Hall–Kier alpha value is -1.11. The fourth-order valence-electron chi connectivity index (χ4n) is 1.53. The van der Waals surface area contributed by atoms with Gasteiger partial charge in [-0.25, -0.2) is 13.1 Å². The number of carbonyl (C=O) groups excluding carboxylic acids is 1. The molecule has 1 aromatic carbocycles. The van der Waals surface area contributed by atoms with Crippen LogP contribution in [-0.4, -0.2) is 27.4 Å². The van der Waals surface area contributed by atoms with Gasteiger partial charge in [0.2, 0.25) is 15.9 Å². The van der Waals surface area contributed by atoms with Crippen LogP contribution in [0.2, 0.25) is 5.02 Å². The first-order valence-corrected chi connectivity index (χ1v) is 8.33. The highest BCUT2D eigenvalue weighted by Gasteiger charge is 2.13. The van der Waals surface area contributed by atoms with Crippen molar-refractivity contribution in [2.24, 2.45) is 0 Å². The maximum absolute atomic E-state index is 11.9.